The van der Waals surface area contributed by atoms with Crippen LogP contribution in [0.5, 0.6) is 0 Å². The number of hydrogen-bond donors (Lipinski definition) is 1. The summed E-state index contributed by atoms with van der Waals surface area (Å²) in [6.45, 7) is 1.56. The molecule has 2 N–H and O–H groups in total. The van der Waals surface area contributed by atoms with Crippen molar-refractivity contribution >= 4 is 17.6 Å². The van der Waals surface area contributed by atoms with Gasteiger partial charge in [-0.25, -0.2) is 19.9 Å². The van der Waals surface area contributed by atoms with Crippen LogP contribution in [0.15, 0.2) is 49.2 Å². The van der Waals surface area contributed by atoms with Gasteiger partial charge in [0.25, 0.3) is 0 Å². The van der Waals surface area contributed by atoms with Gasteiger partial charge in [-0.2, -0.15) is 13.2 Å². The fourth-order valence-corrected chi connectivity index (χ4v) is 2.55. The Morgan fingerprint density at radius 2 is 1.86 bits per heavy atom. The fourth-order valence-electron chi connectivity index (χ4n) is 2.55. The summed E-state index contributed by atoms with van der Waals surface area (Å²) in [7, 11) is 0. The second kappa shape index (κ2) is 7.55. The van der Waals surface area contributed by atoms with E-state index >= 15 is 0 Å². The molecule has 0 bridgehead atoms. The van der Waals surface area contributed by atoms with Crippen LogP contribution < -0.4 is 5.73 Å². The smallest absolute Gasteiger partial charge is 0.366 e. The van der Waals surface area contributed by atoms with Crippen LogP contribution in [0, 0.1) is 6.92 Å². The number of carbonyl (C=O) groups excluding carboxylic acids is 1. The summed E-state index contributed by atoms with van der Waals surface area (Å²) in [4.78, 5) is 27.8. The molecule has 0 unspecified atom stereocenters. The Bertz CT molecular complexity index is 1050. The molecule has 6 nitrogen and oxygen atoms in total. The van der Waals surface area contributed by atoms with E-state index in [1.807, 2.05) is 0 Å². The maximum Gasteiger partial charge on any atom is 0.416 e. The zero-order valence-corrected chi connectivity index (χ0v) is 14.6. The van der Waals surface area contributed by atoms with Crippen molar-refractivity contribution in [1.82, 2.24) is 19.9 Å². The average Bonchev–Trinajstić information content (AvgIpc) is 2.65. The fraction of sp³-hybridized carbons (Fsp3) is 0.105. The summed E-state index contributed by atoms with van der Waals surface area (Å²) in [5, 5.41) is 0. The van der Waals surface area contributed by atoms with E-state index < -0.39 is 17.6 Å². The van der Waals surface area contributed by atoms with Gasteiger partial charge in [0, 0.05) is 29.7 Å². The number of hydrogen-bond acceptors (Lipinski definition) is 5. The molecule has 0 saturated heterocycles. The van der Waals surface area contributed by atoms with Crippen molar-refractivity contribution < 1.29 is 18.0 Å². The Balaban J connectivity index is 2.06. The van der Waals surface area contributed by atoms with E-state index in [1.165, 1.54) is 37.1 Å². The van der Waals surface area contributed by atoms with Crippen molar-refractivity contribution in [1.29, 1.82) is 0 Å². The van der Waals surface area contributed by atoms with Crippen molar-refractivity contribution in [2.45, 2.75) is 13.1 Å². The number of halogens is 3. The third-order valence-electron chi connectivity index (χ3n) is 3.77. The number of amides is 1. The molecule has 0 spiro atoms. The molecule has 1 amide bonds. The molecule has 3 rings (SSSR count). The molecule has 2 heterocycles. The topological polar surface area (TPSA) is 94.7 Å². The molecule has 0 fully saturated rings. The lowest BCUT2D eigenvalue weighted by atomic mass is 10.1. The maximum atomic E-state index is 13.1. The standard InChI is InChI=1S/C19H14F3N5O/c1-11-4-12(6-14(5-11)19(20,21)22)18-26-3-2-15(27-18)7-16(17(23)28)13-8-24-10-25-9-13/h2-10H,1H3,(H2,23,28)/b16-7-. The second-order valence-corrected chi connectivity index (χ2v) is 5.94. The van der Waals surface area contributed by atoms with E-state index in [0.29, 0.717) is 16.8 Å². The normalized spacial score (nSPS) is 12.1. The number of aryl methyl sites for hydroxylation is 1. The van der Waals surface area contributed by atoms with E-state index in [0.717, 1.165) is 12.1 Å². The van der Waals surface area contributed by atoms with Gasteiger partial charge in [0.05, 0.1) is 16.8 Å². The summed E-state index contributed by atoms with van der Waals surface area (Å²) in [6, 6.07) is 5.10. The summed E-state index contributed by atoms with van der Waals surface area (Å²) in [5.74, 6) is -0.624. The van der Waals surface area contributed by atoms with Crippen molar-refractivity contribution in [3.05, 3.63) is 71.6 Å². The van der Waals surface area contributed by atoms with Crippen molar-refractivity contribution in [3.63, 3.8) is 0 Å². The molecule has 2 aromatic heterocycles. The molecule has 0 aliphatic heterocycles. The Morgan fingerprint density at radius 1 is 1.14 bits per heavy atom. The number of rotatable bonds is 4. The number of nitrogens with two attached hydrogens (primary N) is 1. The van der Waals surface area contributed by atoms with Crippen LogP contribution in [0.1, 0.15) is 22.4 Å². The summed E-state index contributed by atoms with van der Waals surface area (Å²) < 4.78 is 39.2. The maximum absolute atomic E-state index is 13.1. The first-order chi connectivity index (χ1) is 13.2. The molecule has 0 aliphatic rings. The number of primary amides is 1. The lowest BCUT2D eigenvalue weighted by Gasteiger charge is -2.10. The quantitative estimate of drug-likeness (QED) is 0.696. The molecule has 1 aromatic carbocycles. The third kappa shape index (κ3) is 4.37. The highest BCUT2D eigenvalue weighted by molar-refractivity contribution is 6.23. The van der Waals surface area contributed by atoms with Gasteiger partial charge in [-0.3, -0.25) is 4.79 Å². The van der Waals surface area contributed by atoms with Crippen molar-refractivity contribution in [3.8, 4) is 11.4 Å². The van der Waals surface area contributed by atoms with Gasteiger partial charge in [0.1, 0.15) is 6.33 Å². The summed E-state index contributed by atoms with van der Waals surface area (Å²) >= 11 is 0. The zero-order valence-electron chi connectivity index (χ0n) is 14.6. The van der Waals surface area contributed by atoms with Crippen LogP contribution in [0.2, 0.25) is 0 Å². The predicted octanol–water partition coefficient (Wildman–Crippen LogP) is 3.29. The Morgan fingerprint density at radius 3 is 2.50 bits per heavy atom. The number of alkyl halides is 3. The predicted molar refractivity (Wildman–Crippen MR) is 96.3 cm³/mol. The van der Waals surface area contributed by atoms with Gasteiger partial charge in [0.15, 0.2) is 5.82 Å². The van der Waals surface area contributed by atoms with Crippen LogP contribution in [0.3, 0.4) is 0 Å². The lowest BCUT2D eigenvalue weighted by molar-refractivity contribution is -0.137. The highest BCUT2D eigenvalue weighted by Crippen LogP contribution is 2.32. The minimum absolute atomic E-state index is 0.0936. The SMILES string of the molecule is Cc1cc(-c2nccc(/C=C(\C(N)=O)c3cncnc3)n2)cc(C(F)(F)F)c1. The highest BCUT2D eigenvalue weighted by Gasteiger charge is 2.31. The molecule has 0 radical (unpaired) electrons. The highest BCUT2D eigenvalue weighted by atomic mass is 19.4. The van der Waals surface area contributed by atoms with Crippen LogP contribution in [0.25, 0.3) is 23.0 Å². The van der Waals surface area contributed by atoms with Gasteiger partial charge in [-0.05, 0) is 42.8 Å². The summed E-state index contributed by atoms with van der Waals surface area (Å²) in [5.41, 5.74) is 6.09. The number of aromatic nitrogens is 4. The first-order valence-corrected chi connectivity index (χ1v) is 8.03. The Kier molecular flexibility index (Phi) is 5.16. The van der Waals surface area contributed by atoms with Crippen LogP contribution in [0.4, 0.5) is 13.2 Å². The first kappa shape index (κ1) is 19.2. The molecule has 28 heavy (non-hydrogen) atoms. The summed E-state index contributed by atoms with van der Waals surface area (Å²) in [6.07, 6.45) is 2.46. The van der Waals surface area contributed by atoms with Gasteiger partial charge < -0.3 is 5.73 Å². The molecule has 0 aliphatic carbocycles. The zero-order chi connectivity index (χ0) is 20.3. The Hall–Kier alpha value is -3.62. The lowest BCUT2D eigenvalue weighted by Crippen LogP contribution is -2.13. The largest absolute Gasteiger partial charge is 0.416 e. The van der Waals surface area contributed by atoms with Crippen molar-refractivity contribution in [2.75, 3.05) is 0 Å². The molecular formula is C19H14F3N5O. The van der Waals surface area contributed by atoms with Gasteiger partial charge >= 0.3 is 6.18 Å². The van der Waals surface area contributed by atoms with Crippen LogP contribution >= 0.6 is 0 Å². The first-order valence-electron chi connectivity index (χ1n) is 8.03. The third-order valence-corrected chi connectivity index (χ3v) is 3.77. The molecular weight excluding hydrogens is 371 g/mol. The minimum Gasteiger partial charge on any atom is -0.366 e. The van der Waals surface area contributed by atoms with Crippen molar-refractivity contribution in [2.24, 2.45) is 5.73 Å². The van der Waals surface area contributed by atoms with E-state index in [-0.39, 0.29) is 17.0 Å². The van der Waals surface area contributed by atoms with E-state index in [4.69, 9.17) is 5.73 Å². The van der Waals surface area contributed by atoms with Gasteiger partial charge in [0.2, 0.25) is 5.91 Å². The molecule has 0 atom stereocenters. The average molecular weight is 385 g/mol. The Labute approximate surface area is 158 Å². The molecule has 9 heteroatoms. The number of carbonyl (C=O) groups is 1. The van der Waals surface area contributed by atoms with E-state index in [1.54, 1.807) is 13.0 Å². The molecule has 142 valence electrons. The van der Waals surface area contributed by atoms with Gasteiger partial charge in [-0.15, -0.1) is 0 Å². The van der Waals surface area contributed by atoms with E-state index in [9.17, 15) is 18.0 Å². The molecule has 0 saturated carbocycles. The monoisotopic (exact) mass is 385 g/mol. The second-order valence-electron chi connectivity index (χ2n) is 5.94. The molecule has 3 aromatic rings. The van der Waals surface area contributed by atoms with E-state index in [2.05, 4.69) is 19.9 Å². The minimum atomic E-state index is -4.48. The number of nitrogens with zero attached hydrogens (tertiary/aromatic N) is 4. The number of benzene rings is 1. The van der Waals surface area contributed by atoms with Crippen LogP contribution in [-0.2, 0) is 11.0 Å². The van der Waals surface area contributed by atoms with Crippen LogP contribution in [-0.4, -0.2) is 25.8 Å². The van der Waals surface area contributed by atoms with Gasteiger partial charge in [-0.1, -0.05) is 0 Å².